The molecule has 0 aromatic heterocycles. The third-order valence-electron chi connectivity index (χ3n) is 6.90. The molecular formula is C30H28ClF2NO3. The molecule has 2 atom stereocenters. The summed E-state index contributed by atoms with van der Waals surface area (Å²) in [5, 5.41) is 11.9. The van der Waals surface area contributed by atoms with Gasteiger partial charge in [-0.2, -0.15) is 0 Å². The van der Waals surface area contributed by atoms with Crippen LogP contribution in [0, 0.1) is 11.6 Å². The van der Waals surface area contributed by atoms with Gasteiger partial charge in [-0.1, -0.05) is 49.4 Å². The van der Waals surface area contributed by atoms with Gasteiger partial charge in [0.15, 0.2) is 0 Å². The molecule has 1 heterocycles. The molecule has 0 aliphatic carbocycles. The molecule has 1 aliphatic heterocycles. The number of carbonyl (C=O) groups is 1. The van der Waals surface area contributed by atoms with E-state index in [0.717, 1.165) is 25.3 Å². The molecule has 0 bridgehead atoms. The van der Waals surface area contributed by atoms with E-state index in [0.29, 0.717) is 29.6 Å². The minimum Gasteiger partial charge on any atom is -0.486 e. The Labute approximate surface area is 220 Å². The summed E-state index contributed by atoms with van der Waals surface area (Å²) >= 11 is 0. The highest BCUT2D eigenvalue weighted by molar-refractivity contribution is 5.90. The number of anilines is 2. The molecule has 4 aromatic carbocycles. The molecule has 1 N–H and O–H groups in total. The van der Waals surface area contributed by atoms with Gasteiger partial charge < -0.3 is 14.7 Å². The molecule has 5 rings (SSSR count). The summed E-state index contributed by atoms with van der Waals surface area (Å²) in [7, 11) is 0. The van der Waals surface area contributed by atoms with E-state index in [9.17, 15) is 18.7 Å². The molecular weight excluding hydrogens is 496 g/mol. The van der Waals surface area contributed by atoms with Crippen LogP contribution in [-0.4, -0.2) is 23.7 Å². The van der Waals surface area contributed by atoms with Crippen LogP contribution in [0.3, 0.4) is 0 Å². The third kappa shape index (κ3) is 5.54. The van der Waals surface area contributed by atoms with Crippen molar-refractivity contribution in [1.82, 2.24) is 0 Å². The SMILES string of the molecule is C[C@@H](CCCC1CN(c2ccc(F)c(C(=O)O)c2)c2cc(F)ccc2O1)c1cccc2ccccc12.Cl. The highest BCUT2D eigenvalue weighted by atomic mass is 35.5. The Morgan fingerprint density at radius 2 is 1.84 bits per heavy atom. The van der Waals surface area contributed by atoms with Gasteiger partial charge in [0.1, 0.15) is 23.5 Å². The normalized spacial score (nSPS) is 15.4. The zero-order valence-corrected chi connectivity index (χ0v) is 21.2. The van der Waals surface area contributed by atoms with Crippen LogP contribution >= 0.6 is 12.4 Å². The van der Waals surface area contributed by atoms with Crippen molar-refractivity contribution in [3.63, 3.8) is 0 Å². The lowest BCUT2D eigenvalue weighted by atomic mass is 9.90. The van der Waals surface area contributed by atoms with Crippen LogP contribution < -0.4 is 9.64 Å². The molecule has 0 radical (unpaired) electrons. The minimum absolute atomic E-state index is 0. The van der Waals surface area contributed by atoms with Crippen LogP contribution in [0.4, 0.5) is 20.2 Å². The summed E-state index contributed by atoms with van der Waals surface area (Å²) in [6.07, 6.45) is 2.49. The molecule has 7 heteroatoms. The molecule has 0 saturated carbocycles. The van der Waals surface area contributed by atoms with E-state index in [1.807, 2.05) is 11.0 Å². The number of hydrogen-bond acceptors (Lipinski definition) is 3. The predicted molar refractivity (Wildman–Crippen MR) is 145 cm³/mol. The fraction of sp³-hybridized carbons (Fsp3) is 0.233. The predicted octanol–water partition coefficient (Wildman–Crippen LogP) is 8.11. The first-order valence-electron chi connectivity index (χ1n) is 12.1. The van der Waals surface area contributed by atoms with Crippen LogP contribution in [0.25, 0.3) is 10.8 Å². The average molecular weight is 524 g/mol. The van der Waals surface area contributed by atoms with E-state index in [4.69, 9.17) is 4.74 Å². The summed E-state index contributed by atoms with van der Waals surface area (Å²) in [5.41, 5.74) is 1.89. The van der Waals surface area contributed by atoms with E-state index in [1.54, 1.807) is 6.07 Å². The number of rotatable bonds is 7. The van der Waals surface area contributed by atoms with Crippen molar-refractivity contribution in [2.75, 3.05) is 11.4 Å². The molecule has 1 unspecified atom stereocenters. The molecule has 1 aliphatic rings. The number of nitrogens with zero attached hydrogens (tertiary/aromatic N) is 1. The summed E-state index contributed by atoms with van der Waals surface area (Å²) < 4.78 is 34.3. The lowest BCUT2D eigenvalue weighted by molar-refractivity contribution is 0.0692. The average Bonchev–Trinajstić information content (AvgIpc) is 2.88. The Balaban J connectivity index is 0.00000320. The molecule has 4 aromatic rings. The van der Waals surface area contributed by atoms with E-state index in [1.165, 1.54) is 40.6 Å². The molecule has 37 heavy (non-hydrogen) atoms. The molecule has 0 saturated heterocycles. The van der Waals surface area contributed by atoms with Crippen LogP contribution in [-0.2, 0) is 0 Å². The molecule has 0 amide bonds. The maximum atomic E-state index is 14.1. The van der Waals surface area contributed by atoms with Crippen molar-refractivity contribution >= 4 is 40.5 Å². The largest absolute Gasteiger partial charge is 0.486 e. The molecule has 4 nitrogen and oxygen atoms in total. The number of carboxylic acid groups (broad SMARTS) is 1. The Bertz CT molecular complexity index is 1420. The highest BCUT2D eigenvalue weighted by Gasteiger charge is 2.28. The van der Waals surface area contributed by atoms with Gasteiger partial charge in [0.2, 0.25) is 0 Å². The van der Waals surface area contributed by atoms with Gasteiger partial charge in [-0.05, 0) is 71.8 Å². The first kappa shape index (κ1) is 26.4. The van der Waals surface area contributed by atoms with Crippen molar-refractivity contribution < 1.29 is 23.4 Å². The number of carboxylic acids is 1. The van der Waals surface area contributed by atoms with E-state index in [-0.39, 0.29) is 18.5 Å². The lowest BCUT2D eigenvalue weighted by Crippen LogP contribution is -2.37. The van der Waals surface area contributed by atoms with E-state index >= 15 is 0 Å². The molecule has 192 valence electrons. The van der Waals surface area contributed by atoms with Crippen LogP contribution in [0.2, 0.25) is 0 Å². The van der Waals surface area contributed by atoms with Crippen molar-refractivity contribution in [1.29, 1.82) is 0 Å². The van der Waals surface area contributed by atoms with Crippen molar-refractivity contribution in [3.05, 3.63) is 102 Å². The van der Waals surface area contributed by atoms with Gasteiger partial charge in [0.05, 0.1) is 17.8 Å². The lowest BCUT2D eigenvalue weighted by Gasteiger charge is -2.36. The number of hydrogen-bond donors (Lipinski definition) is 1. The fourth-order valence-corrected chi connectivity index (χ4v) is 5.05. The van der Waals surface area contributed by atoms with Crippen molar-refractivity contribution in [3.8, 4) is 5.75 Å². The van der Waals surface area contributed by atoms with E-state index in [2.05, 4.69) is 43.3 Å². The zero-order valence-electron chi connectivity index (χ0n) is 20.4. The second kappa shape index (κ2) is 11.2. The summed E-state index contributed by atoms with van der Waals surface area (Å²) in [4.78, 5) is 13.3. The van der Waals surface area contributed by atoms with Gasteiger partial charge in [-0.15, -0.1) is 12.4 Å². The Kier molecular flexibility index (Phi) is 7.98. The Hall–Kier alpha value is -3.64. The van der Waals surface area contributed by atoms with Gasteiger partial charge in [0, 0.05) is 11.8 Å². The first-order chi connectivity index (χ1) is 17.4. The van der Waals surface area contributed by atoms with Crippen LogP contribution in [0.1, 0.15) is 48.0 Å². The maximum absolute atomic E-state index is 14.1. The maximum Gasteiger partial charge on any atom is 0.338 e. The standard InChI is InChI=1S/C30H27F2NO3.ClH/c1-19(24-11-5-8-20-7-2-3-10-25(20)24)6-4-9-23-18-33(28-16-21(31)12-15-29(28)36-23)22-13-14-27(32)26(17-22)30(34)35;/h2-3,5,7-8,10-17,19,23H,4,6,9,18H2,1H3,(H,34,35);1H/t19-,23?;/m0./s1. The third-order valence-corrected chi connectivity index (χ3v) is 6.90. The smallest absolute Gasteiger partial charge is 0.338 e. The minimum atomic E-state index is -1.35. The monoisotopic (exact) mass is 523 g/mol. The summed E-state index contributed by atoms with van der Waals surface area (Å²) in [6.45, 7) is 2.64. The number of fused-ring (bicyclic) bond motifs is 2. The Morgan fingerprint density at radius 1 is 1.05 bits per heavy atom. The van der Waals surface area contributed by atoms with Gasteiger partial charge in [-0.3, -0.25) is 0 Å². The zero-order chi connectivity index (χ0) is 25.2. The van der Waals surface area contributed by atoms with Crippen LogP contribution in [0.15, 0.2) is 78.9 Å². The van der Waals surface area contributed by atoms with Gasteiger partial charge in [0.25, 0.3) is 0 Å². The summed E-state index contributed by atoms with van der Waals surface area (Å²) in [6, 6.07) is 23.0. The first-order valence-corrected chi connectivity index (χ1v) is 12.1. The number of ether oxygens (including phenoxy) is 1. The molecule has 0 spiro atoms. The topological polar surface area (TPSA) is 49.8 Å². The summed E-state index contributed by atoms with van der Waals surface area (Å²) in [5.74, 6) is -1.69. The van der Waals surface area contributed by atoms with Crippen LogP contribution in [0.5, 0.6) is 5.75 Å². The number of aromatic carboxylic acids is 1. The van der Waals surface area contributed by atoms with Gasteiger partial charge >= 0.3 is 5.97 Å². The highest BCUT2D eigenvalue weighted by Crippen LogP contribution is 2.40. The fourth-order valence-electron chi connectivity index (χ4n) is 5.05. The van der Waals surface area contributed by atoms with Gasteiger partial charge in [-0.25, -0.2) is 13.6 Å². The number of halogens is 3. The molecule has 0 fully saturated rings. The van der Waals surface area contributed by atoms with Crippen molar-refractivity contribution in [2.45, 2.75) is 38.2 Å². The van der Waals surface area contributed by atoms with Crippen molar-refractivity contribution in [2.24, 2.45) is 0 Å². The number of benzene rings is 4. The second-order valence-electron chi connectivity index (χ2n) is 9.33. The quantitative estimate of drug-likeness (QED) is 0.266. The second-order valence-corrected chi connectivity index (χ2v) is 9.33. The Morgan fingerprint density at radius 3 is 2.65 bits per heavy atom. The van der Waals surface area contributed by atoms with E-state index < -0.39 is 23.2 Å².